The second kappa shape index (κ2) is 7.61. The minimum atomic E-state index is -0.405. The van der Waals surface area contributed by atoms with Crippen molar-refractivity contribution in [3.05, 3.63) is 40.2 Å². The summed E-state index contributed by atoms with van der Waals surface area (Å²) in [5.74, 6) is 0.273. The number of hydrogen-bond acceptors (Lipinski definition) is 5. The van der Waals surface area contributed by atoms with Crippen molar-refractivity contribution in [3.8, 4) is 5.75 Å². The van der Waals surface area contributed by atoms with Gasteiger partial charge in [0.25, 0.3) is 5.91 Å². The van der Waals surface area contributed by atoms with Crippen molar-refractivity contribution in [1.82, 2.24) is 5.32 Å². The number of aryl methyl sites for hydroxylation is 1. The van der Waals surface area contributed by atoms with Crippen LogP contribution in [0.25, 0.3) is 11.0 Å². The predicted octanol–water partition coefficient (Wildman–Crippen LogP) is 1.63. The first-order chi connectivity index (χ1) is 10.6. The van der Waals surface area contributed by atoms with E-state index in [0.717, 1.165) is 17.4 Å². The summed E-state index contributed by atoms with van der Waals surface area (Å²) in [6.45, 7) is 2.90. The number of amides is 1. The molecule has 118 valence electrons. The van der Waals surface area contributed by atoms with Crippen molar-refractivity contribution >= 4 is 16.9 Å². The number of benzene rings is 1. The van der Waals surface area contributed by atoms with E-state index in [1.807, 2.05) is 6.92 Å². The normalized spacial score (nSPS) is 10.6. The number of carbonyl (C=O) groups is 1. The minimum absolute atomic E-state index is 0.0888. The zero-order valence-electron chi connectivity index (χ0n) is 12.7. The Morgan fingerprint density at radius 1 is 1.32 bits per heavy atom. The van der Waals surface area contributed by atoms with E-state index in [2.05, 4.69) is 5.32 Å². The number of fused-ring (bicyclic) bond motifs is 1. The number of rotatable bonds is 7. The van der Waals surface area contributed by atoms with Crippen LogP contribution in [0.1, 0.15) is 12.0 Å². The van der Waals surface area contributed by atoms with Gasteiger partial charge in [-0.05, 0) is 31.0 Å². The Morgan fingerprint density at radius 3 is 2.91 bits per heavy atom. The lowest BCUT2D eigenvalue weighted by Gasteiger charge is -2.08. The van der Waals surface area contributed by atoms with E-state index in [1.165, 1.54) is 6.07 Å². The molecule has 0 saturated carbocycles. The second-order valence-corrected chi connectivity index (χ2v) is 4.89. The number of hydrogen-bond donors (Lipinski definition) is 1. The minimum Gasteiger partial charge on any atom is -0.484 e. The molecule has 0 bridgehead atoms. The van der Waals surface area contributed by atoms with E-state index in [0.29, 0.717) is 24.5 Å². The molecular weight excluding hydrogens is 286 g/mol. The van der Waals surface area contributed by atoms with Crippen LogP contribution in [0.5, 0.6) is 5.75 Å². The molecule has 6 nitrogen and oxygen atoms in total. The Morgan fingerprint density at radius 2 is 2.14 bits per heavy atom. The quantitative estimate of drug-likeness (QED) is 0.621. The molecular formula is C16H19NO5. The summed E-state index contributed by atoms with van der Waals surface area (Å²) in [5, 5.41) is 3.57. The summed E-state index contributed by atoms with van der Waals surface area (Å²) in [6, 6.07) is 6.60. The molecule has 1 heterocycles. The molecule has 0 spiro atoms. The lowest BCUT2D eigenvalue weighted by atomic mass is 10.1. The van der Waals surface area contributed by atoms with Crippen LogP contribution in [0.4, 0.5) is 0 Å². The van der Waals surface area contributed by atoms with Crippen molar-refractivity contribution in [2.45, 2.75) is 13.3 Å². The Kier molecular flexibility index (Phi) is 5.55. The van der Waals surface area contributed by atoms with Crippen LogP contribution in [0.3, 0.4) is 0 Å². The summed E-state index contributed by atoms with van der Waals surface area (Å²) in [7, 11) is 1.62. The van der Waals surface area contributed by atoms with Crippen molar-refractivity contribution in [2.75, 3.05) is 26.9 Å². The molecule has 0 fully saturated rings. The van der Waals surface area contributed by atoms with E-state index >= 15 is 0 Å². The Balaban J connectivity index is 1.94. The van der Waals surface area contributed by atoms with Gasteiger partial charge in [-0.2, -0.15) is 0 Å². The molecule has 1 N–H and O–H groups in total. The average molecular weight is 305 g/mol. The second-order valence-electron chi connectivity index (χ2n) is 4.89. The molecule has 0 aliphatic carbocycles. The third-order valence-electron chi connectivity index (χ3n) is 3.14. The molecule has 0 aliphatic heterocycles. The van der Waals surface area contributed by atoms with Crippen LogP contribution in [-0.4, -0.2) is 32.8 Å². The Hall–Kier alpha value is -2.34. The summed E-state index contributed by atoms with van der Waals surface area (Å²) in [6.07, 6.45) is 0.753. The molecule has 0 radical (unpaired) electrons. The maximum Gasteiger partial charge on any atom is 0.336 e. The smallest absolute Gasteiger partial charge is 0.336 e. The average Bonchev–Trinajstić information content (AvgIpc) is 2.49. The highest BCUT2D eigenvalue weighted by atomic mass is 16.5. The van der Waals surface area contributed by atoms with Crippen LogP contribution >= 0.6 is 0 Å². The highest BCUT2D eigenvalue weighted by molar-refractivity contribution is 5.81. The zero-order valence-corrected chi connectivity index (χ0v) is 12.7. The first-order valence-electron chi connectivity index (χ1n) is 7.03. The highest BCUT2D eigenvalue weighted by Crippen LogP contribution is 2.22. The van der Waals surface area contributed by atoms with E-state index in [9.17, 15) is 9.59 Å². The molecule has 0 aliphatic rings. The van der Waals surface area contributed by atoms with Crippen LogP contribution in [0, 0.1) is 6.92 Å². The predicted molar refractivity (Wildman–Crippen MR) is 82.2 cm³/mol. The molecule has 0 saturated heterocycles. The molecule has 2 aromatic rings. The summed E-state index contributed by atoms with van der Waals surface area (Å²) < 4.78 is 15.4. The zero-order chi connectivity index (χ0) is 15.9. The van der Waals surface area contributed by atoms with Gasteiger partial charge in [0.2, 0.25) is 0 Å². The molecule has 0 unspecified atom stereocenters. The van der Waals surface area contributed by atoms with Gasteiger partial charge >= 0.3 is 5.63 Å². The lowest BCUT2D eigenvalue weighted by Crippen LogP contribution is -2.30. The van der Waals surface area contributed by atoms with Gasteiger partial charge in [0.1, 0.15) is 11.3 Å². The number of carbonyl (C=O) groups excluding carboxylic acids is 1. The Labute approximate surface area is 128 Å². The van der Waals surface area contributed by atoms with Gasteiger partial charge < -0.3 is 19.2 Å². The van der Waals surface area contributed by atoms with Crippen LogP contribution in [0.15, 0.2) is 33.5 Å². The highest BCUT2D eigenvalue weighted by Gasteiger charge is 2.06. The number of methoxy groups -OCH3 is 1. The number of ether oxygens (including phenoxy) is 2. The lowest BCUT2D eigenvalue weighted by molar-refractivity contribution is -0.123. The van der Waals surface area contributed by atoms with Gasteiger partial charge in [-0.3, -0.25) is 4.79 Å². The topological polar surface area (TPSA) is 77.8 Å². The van der Waals surface area contributed by atoms with Gasteiger partial charge in [0.15, 0.2) is 6.61 Å². The monoisotopic (exact) mass is 305 g/mol. The molecule has 22 heavy (non-hydrogen) atoms. The first kappa shape index (κ1) is 16.0. The van der Waals surface area contributed by atoms with Crippen LogP contribution in [-0.2, 0) is 9.53 Å². The molecule has 6 heteroatoms. The SMILES string of the molecule is COCCCNC(=O)COc1ccc2c(C)cc(=O)oc2c1. The molecule has 2 rings (SSSR count). The fourth-order valence-corrected chi connectivity index (χ4v) is 2.04. The summed E-state index contributed by atoms with van der Waals surface area (Å²) in [4.78, 5) is 23.0. The molecule has 1 aromatic carbocycles. The molecule has 1 aromatic heterocycles. The van der Waals surface area contributed by atoms with Gasteiger partial charge in [-0.1, -0.05) is 0 Å². The van der Waals surface area contributed by atoms with Crippen molar-refractivity contribution in [2.24, 2.45) is 0 Å². The van der Waals surface area contributed by atoms with Crippen LogP contribution < -0.4 is 15.7 Å². The molecule has 0 atom stereocenters. The van der Waals surface area contributed by atoms with Gasteiger partial charge in [-0.25, -0.2) is 4.79 Å². The van der Waals surface area contributed by atoms with Gasteiger partial charge in [0.05, 0.1) is 0 Å². The number of nitrogens with one attached hydrogen (secondary N) is 1. The summed E-state index contributed by atoms with van der Waals surface area (Å²) >= 11 is 0. The third kappa shape index (κ3) is 4.33. The van der Waals surface area contributed by atoms with E-state index in [4.69, 9.17) is 13.9 Å². The van der Waals surface area contributed by atoms with Gasteiger partial charge in [0, 0.05) is 37.8 Å². The Bertz CT molecular complexity index is 707. The van der Waals surface area contributed by atoms with Crippen molar-refractivity contribution in [3.63, 3.8) is 0 Å². The van der Waals surface area contributed by atoms with Gasteiger partial charge in [-0.15, -0.1) is 0 Å². The van der Waals surface area contributed by atoms with E-state index < -0.39 is 5.63 Å². The fraction of sp³-hybridized carbons (Fsp3) is 0.375. The maximum absolute atomic E-state index is 11.6. The maximum atomic E-state index is 11.6. The van der Waals surface area contributed by atoms with Crippen LogP contribution in [0.2, 0.25) is 0 Å². The van der Waals surface area contributed by atoms with Crippen molar-refractivity contribution in [1.29, 1.82) is 0 Å². The van der Waals surface area contributed by atoms with Crippen molar-refractivity contribution < 1.29 is 18.7 Å². The van der Waals surface area contributed by atoms with E-state index in [-0.39, 0.29) is 12.5 Å². The largest absolute Gasteiger partial charge is 0.484 e. The third-order valence-corrected chi connectivity index (χ3v) is 3.14. The fourth-order valence-electron chi connectivity index (χ4n) is 2.04. The first-order valence-corrected chi connectivity index (χ1v) is 7.03. The summed E-state index contributed by atoms with van der Waals surface area (Å²) in [5.41, 5.74) is 0.884. The molecule has 1 amide bonds. The standard InChI is InChI=1S/C16H19NO5/c1-11-8-16(19)22-14-9-12(4-5-13(11)14)21-10-15(18)17-6-3-7-20-2/h4-5,8-9H,3,6-7,10H2,1-2H3,(H,17,18). The van der Waals surface area contributed by atoms with E-state index in [1.54, 1.807) is 25.3 Å².